The molecule has 6 nitrogen and oxygen atoms in total. The number of ether oxygens (including phenoxy) is 1. The first kappa shape index (κ1) is 12.4. The van der Waals surface area contributed by atoms with Crippen LogP contribution in [0.4, 0.5) is 5.82 Å². The molecule has 19 heavy (non-hydrogen) atoms. The lowest BCUT2D eigenvalue weighted by Crippen LogP contribution is -2.51. The van der Waals surface area contributed by atoms with E-state index in [1.54, 1.807) is 6.20 Å². The predicted molar refractivity (Wildman–Crippen MR) is 73.3 cm³/mol. The lowest BCUT2D eigenvalue weighted by atomic mass is 10.2. The largest absolute Gasteiger partial charge is 0.373 e. The quantitative estimate of drug-likeness (QED) is 0.857. The number of anilines is 1. The second-order valence-electron chi connectivity index (χ2n) is 5.06. The normalized spacial score (nSPS) is 24.1. The van der Waals surface area contributed by atoms with E-state index >= 15 is 0 Å². The van der Waals surface area contributed by atoms with Crippen LogP contribution < -0.4 is 10.6 Å². The molecule has 0 bridgehead atoms. The van der Waals surface area contributed by atoms with Gasteiger partial charge in [0.2, 0.25) is 0 Å². The Morgan fingerprint density at radius 1 is 1.53 bits per heavy atom. The molecule has 102 valence electrons. The molecule has 0 saturated carbocycles. The summed E-state index contributed by atoms with van der Waals surface area (Å²) in [6, 6.07) is 2.35. The fraction of sp³-hybridized carbons (Fsp3) is 0.538. The molecule has 0 amide bonds. The van der Waals surface area contributed by atoms with Crippen LogP contribution in [-0.2, 0) is 4.74 Å². The van der Waals surface area contributed by atoms with Gasteiger partial charge in [0.05, 0.1) is 24.4 Å². The summed E-state index contributed by atoms with van der Waals surface area (Å²) in [5.74, 6) is 0.956. The van der Waals surface area contributed by atoms with E-state index in [0.717, 1.165) is 23.6 Å². The molecule has 2 aromatic rings. The van der Waals surface area contributed by atoms with Gasteiger partial charge in [-0.25, -0.2) is 9.50 Å². The molecular formula is C13H19N5O. The molecule has 2 atom stereocenters. The maximum Gasteiger partial charge on any atom is 0.155 e. The van der Waals surface area contributed by atoms with E-state index in [1.165, 1.54) is 0 Å². The van der Waals surface area contributed by atoms with Crippen molar-refractivity contribution in [1.29, 1.82) is 0 Å². The average molecular weight is 261 g/mol. The minimum absolute atomic E-state index is 0.0716. The Bertz CT molecular complexity index is 581. The first-order chi connectivity index (χ1) is 9.19. The van der Waals surface area contributed by atoms with Gasteiger partial charge in [0.1, 0.15) is 5.52 Å². The van der Waals surface area contributed by atoms with Crippen molar-refractivity contribution in [3.63, 3.8) is 0 Å². The molecule has 0 radical (unpaired) electrons. The molecule has 1 fully saturated rings. The Hall–Kier alpha value is -1.66. The molecule has 2 unspecified atom stereocenters. The topological polar surface area (TPSA) is 68.7 Å². The molecule has 1 aliphatic rings. The van der Waals surface area contributed by atoms with E-state index in [4.69, 9.17) is 10.5 Å². The summed E-state index contributed by atoms with van der Waals surface area (Å²) in [7, 11) is 0. The van der Waals surface area contributed by atoms with Gasteiger partial charge in [0.25, 0.3) is 0 Å². The third kappa shape index (κ3) is 2.17. The highest BCUT2D eigenvalue weighted by Crippen LogP contribution is 2.24. The minimum atomic E-state index is 0.0716. The summed E-state index contributed by atoms with van der Waals surface area (Å²) >= 11 is 0. The van der Waals surface area contributed by atoms with Crippen molar-refractivity contribution >= 4 is 11.3 Å². The summed E-state index contributed by atoms with van der Waals surface area (Å²) < 4.78 is 7.56. The van der Waals surface area contributed by atoms with E-state index in [0.29, 0.717) is 13.2 Å². The van der Waals surface area contributed by atoms with Crippen molar-refractivity contribution in [1.82, 2.24) is 14.6 Å². The Morgan fingerprint density at radius 3 is 3.16 bits per heavy atom. The van der Waals surface area contributed by atoms with Crippen molar-refractivity contribution in [3.8, 4) is 0 Å². The maximum atomic E-state index is 5.72. The number of aromatic nitrogens is 3. The fourth-order valence-corrected chi connectivity index (χ4v) is 2.51. The van der Waals surface area contributed by atoms with Crippen LogP contribution in [0.5, 0.6) is 0 Å². The zero-order valence-electron chi connectivity index (χ0n) is 11.3. The van der Waals surface area contributed by atoms with E-state index < -0.39 is 0 Å². The van der Waals surface area contributed by atoms with Gasteiger partial charge in [-0.15, -0.1) is 0 Å². The van der Waals surface area contributed by atoms with Gasteiger partial charge in [-0.05, 0) is 19.9 Å². The van der Waals surface area contributed by atoms with Crippen LogP contribution in [0.25, 0.3) is 5.52 Å². The second-order valence-corrected chi connectivity index (χ2v) is 5.06. The summed E-state index contributed by atoms with van der Waals surface area (Å²) in [6.07, 6.45) is 3.73. The molecule has 6 heteroatoms. The standard InChI is InChI=1S/C13H19N5O/c1-9-5-12-13(15-3-4-18(12)16-9)17-7-11(6-14)19-8-10(17)2/h3-5,10-11H,6-8,14H2,1-2H3. The Kier molecular flexibility index (Phi) is 3.12. The summed E-state index contributed by atoms with van der Waals surface area (Å²) in [6.45, 7) is 6.11. The van der Waals surface area contributed by atoms with E-state index in [-0.39, 0.29) is 12.1 Å². The smallest absolute Gasteiger partial charge is 0.155 e. The third-order valence-electron chi connectivity index (χ3n) is 3.53. The van der Waals surface area contributed by atoms with Crippen LogP contribution in [0, 0.1) is 6.92 Å². The first-order valence-corrected chi connectivity index (χ1v) is 6.58. The van der Waals surface area contributed by atoms with E-state index in [9.17, 15) is 0 Å². The fourth-order valence-electron chi connectivity index (χ4n) is 2.51. The van der Waals surface area contributed by atoms with Crippen LogP contribution in [0.3, 0.4) is 0 Å². The monoisotopic (exact) mass is 261 g/mol. The molecule has 0 spiro atoms. The van der Waals surface area contributed by atoms with Crippen molar-refractivity contribution in [2.75, 3.05) is 24.6 Å². The number of nitrogens with two attached hydrogens (primary N) is 1. The van der Waals surface area contributed by atoms with Crippen LogP contribution in [-0.4, -0.2) is 46.4 Å². The van der Waals surface area contributed by atoms with Crippen molar-refractivity contribution < 1.29 is 4.74 Å². The first-order valence-electron chi connectivity index (χ1n) is 6.58. The maximum absolute atomic E-state index is 5.72. The van der Waals surface area contributed by atoms with Gasteiger partial charge in [-0.1, -0.05) is 0 Å². The molecule has 1 saturated heterocycles. The highest BCUT2D eigenvalue weighted by atomic mass is 16.5. The number of morpholine rings is 1. The molecule has 3 heterocycles. The summed E-state index contributed by atoms with van der Waals surface area (Å²) in [5.41, 5.74) is 7.74. The van der Waals surface area contributed by atoms with Gasteiger partial charge in [0.15, 0.2) is 5.82 Å². The average Bonchev–Trinajstić information content (AvgIpc) is 2.79. The van der Waals surface area contributed by atoms with Gasteiger partial charge in [0, 0.05) is 25.5 Å². The molecular weight excluding hydrogens is 242 g/mol. The lowest BCUT2D eigenvalue weighted by Gasteiger charge is -2.38. The minimum Gasteiger partial charge on any atom is -0.373 e. The SMILES string of the molecule is Cc1cc2c(N3CC(CN)OCC3C)nccn2n1. The van der Waals surface area contributed by atoms with Gasteiger partial charge in [-0.3, -0.25) is 0 Å². The Morgan fingerprint density at radius 2 is 2.37 bits per heavy atom. The molecule has 0 aromatic carbocycles. The number of hydrogen-bond acceptors (Lipinski definition) is 5. The number of aryl methyl sites for hydroxylation is 1. The Balaban J connectivity index is 2.02. The summed E-state index contributed by atoms with van der Waals surface area (Å²) in [5, 5.41) is 4.43. The Labute approximate surface area is 112 Å². The van der Waals surface area contributed by atoms with Gasteiger partial charge in [-0.2, -0.15) is 5.10 Å². The third-order valence-corrected chi connectivity index (χ3v) is 3.53. The number of rotatable bonds is 2. The van der Waals surface area contributed by atoms with Gasteiger partial charge >= 0.3 is 0 Å². The molecule has 3 rings (SSSR count). The van der Waals surface area contributed by atoms with Gasteiger partial charge < -0.3 is 15.4 Å². The molecule has 2 aromatic heterocycles. The van der Waals surface area contributed by atoms with Crippen molar-refractivity contribution in [2.45, 2.75) is 26.0 Å². The molecule has 1 aliphatic heterocycles. The molecule has 2 N–H and O–H groups in total. The lowest BCUT2D eigenvalue weighted by molar-refractivity contribution is 0.0281. The summed E-state index contributed by atoms with van der Waals surface area (Å²) in [4.78, 5) is 6.79. The number of hydrogen-bond donors (Lipinski definition) is 1. The highest BCUT2D eigenvalue weighted by molar-refractivity contribution is 5.69. The molecule has 0 aliphatic carbocycles. The van der Waals surface area contributed by atoms with Crippen molar-refractivity contribution in [3.05, 3.63) is 24.2 Å². The van der Waals surface area contributed by atoms with E-state index in [1.807, 2.05) is 17.6 Å². The van der Waals surface area contributed by atoms with Crippen LogP contribution in [0.15, 0.2) is 18.5 Å². The predicted octanol–water partition coefficient (Wildman–Crippen LogP) is 0.590. The zero-order valence-corrected chi connectivity index (χ0v) is 11.3. The van der Waals surface area contributed by atoms with Crippen LogP contribution >= 0.6 is 0 Å². The van der Waals surface area contributed by atoms with Crippen LogP contribution in [0.1, 0.15) is 12.6 Å². The van der Waals surface area contributed by atoms with E-state index in [2.05, 4.69) is 28.0 Å². The number of nitrogens with zero attached hydrogens (tertiary/aromatic N) is 4. The number of fused-ring (bicyclic) bond motifs is 1. The second kappa shape index (κ2) is 4.79. The van der Waals surface area contributed by atoms with Crippen LogP contribution in [0.2, 0.25) is 0 Å². The van der Waals surface area contributed by atoms with Crippen molar-refractivity contribution in [2.24, 2.45) is 5.73 Å². The highest BCUT2D eigenvalue weighted by Gasteiger charge is 2.27. The zero-order chi connectivity index (χ0) is 13.4.